The monoisotopic (exact) mass is 1520 g/mol. The van der Waals surface area contributed by atoms with E-state index in [1.807, 2.05) is 109 Å². The fraction of sp³-hybridized carbons (Fsp3) is 0.0704. The number of aliphatic hydroxyl groups is 2. The molecule has 2 radical (unpaired) electrons. The summed E-state index contributed by atoms with van der Waals surface area (Å²) in [5.41, 5.74) is 9.87. The van der Waals surface area contributed by atoms with Gasteiger partial charge in [0.05, 0.1) is 17.9 Å². The number of halogens is 6. The Hall–Kier alpha value is -8.98. The Labute approximate surface area is 530 Å². The normalized spacial score (nSPS) is 10.4. The molecule has 12 rings (SSSR count). The van der Waals surface area contributed by atoms with Crippen molar-refractivity contribution in [2.45, 2.75) is 32.5 Å². The molecule has 8 nitrogen and oxygen atoms in total. The fourth-order valence-corrected chi connectivity index (χ4v) is 7.08. The first-order valence-electron chi connectivity index (χ1n) is 26.3. The number of rotatable bonds is 8. The quantitative estimate of drug-likeness (QED) is 0.114. The van der Waals surface area contributed by atoms with Crippen molar-refractivity contribution in [2.75, 3.05) is 0 Å². The molecule has 0 aliphatic heterocycles. The van der Waals surface area contributed by atoms with Crippen LogP contribution in [0, 0.1) is 65.2 Å². The minimum Gasteiger partial charge on any atom is -0.393 e. The first-order valence-corrected chi connectivity index (χ1v) is 26.3. The summed E-state index contributed by atoms with van der Waals surface area (Å²) in [6.07, 6.45) is 9.95. The van der Waals surface area contributed by atoms with Crippen molar-refractivity contribution in [3.05, 3.63) is 327 Å². The Morgan fingerprint density at radius 2 is 0.494 bits per heavy atom. The molecule has 0 amide bonds. The second-order valence-electron chi connectivity index (χ2n) is 17.8. The van der Waals surface area contributed by atoms with Crippen LogP contribution in [0.3, 0.4) is 0 Å². The average Bonchev–Trinajstić information content (AvgIpc) is 3.75. The van der Waals surface area contributed by atoms with Crippen LogP contribution in [0.25, 0.3) is 67.5 Å². The van der Waals surface area contributed by atoms with Crippen LogP contribution in [0.2, 0.25) is 0 Å². The van der Waals surface area contributed by atoms with E-state index in [1.165, 1.54) is 72.8 Å². The van der Waals surface area contributed by atoms with Crippen LogP contribution >= 0.6 is 0 Å². The van der Waals surface area contributed by atoms with Gasteiger partial charge in [0.25, 0.3) is 0 Å². The molecule has 0 saturated heterocycles. The van der Waals surface area contributed by atoms with E-state index in [9.17, 15) is 26.3 Å². The van der Waals surface area contributed by atoms with Crippen LogP contribution < -0.4 is 0 Å². The van der Waals surface area contributed by atoms with E-state index in [2.05, 4.69) is 60.2 Å². The predicted molar refractivity (Wildman–Crippen MR) is 320 cm³/mol. The minimum atomic E-state index is -0.375. The van der Waals surface area contributed by atoms with Crippen molar-refractivity contribution in [3.8, 4) is 67.5 Å². The summed E-state index contributed by atoms with van der Waals surface area (Å²) in [4.78, 5) is 24.8. The van der Waals surface area contributed by atoms with Gasteiger partial charge in [0.1, 0.15) is 5.82 Å². The second-order valence-corrected chi connectivity index (χ2v) is 17.8. The molecule has 2 N–H and O–H groups in total. The number of aromatic nitrogens is 6. The zero-order chi connectivity index (χ0) is 60.4. The molecule has 12 aromatic rings. The third kappa shape index (κ3) is 26.9. The van der Waals surface area contributed by atoms with Crippen LogP contribution in [0.15, 0.2) is 262 Å². The molecule has 0 bridgehead atoms. The third-order valence-electron chi connectivity index (χ3n) is 11.1. The average molecular weight is 1520 g/mol. The van der Waals surface area contributed by atoms with Crippen LogP contribution in [0.1, 0.15) is 20.3 Å². The molecular weight excluding hydrogens is 1470 g/mol. The molecule has 2 unspecified atom stereocenters. The molecule has 0 aliphatic rings. The van der Waals surface area contributed by atoms with E-state index in [4.69, 9.17) is 10.2 Å². The summed E-state index contributed by atoms with van der Waals surface area (Å²) >= 11 is 0. The number of hydrogen-bond donors (Lipinski definition) is 2. The zero-order valence-corrected chi connectivity index (χ0v) is 51.5. The van der Waals surface area contributed by atoms with Crippen molar-refractivity contribution in [1.82, 2.24) is 29.9 Å². The number of nitrogens with zero attached hydrogens (tertiary/aromatic N) is 6. The van der Waals surface area contributed by atoms with E-state index in [0.717, 1.165) is 67.5 Å². The van der Waals surface area contributed by atoms with Crippen molar-refractivity contribution in [2.24, 2.45) is 0 Å². The Balaban J connectivity index is 0.000000218. The summed E-state index contributed by atoms with van der Waals surface area (Å²) in [5, 5.41) is 17.1. The Kier molecular flexibility index (Phi) is 32.1. The van der Waals surface area contributed by atoms with Gasteiger partial charge >= 0.3 is 0 Å². The number of benzene rings is 6. The standard InChI is InChI=1S/C11H8FN.5C11H7FN.C5H12O2.2Ir/c6*12-10-6-4-9(5-7-10)11-3-1-2-8-13-11;1-4(6)3-5(2)7;;/h1-8H;5*1-4,6-8H;4-7H,3H2,1-2H3;;/q;5*-1;;;. The maximum Gasteiger partial charge on any atom is 0.123 e. The molecule has 6 aromatic carbocycles. The topological polar surface area (TPSA) is 118 Å². The summed E-state index contributed by atoms with van der Waals surface area (Å²) < 4.78 is 75.3. The Bertz CT molecular complexity index is 3060. The van der Waals surface area contributed by atoms with E-state index in [1.54, 1.807) is 93.5 Å². The largest absolute Gasteiger partial charge is 0.393 e. The number of pyridine rings is 6. The first-order chi connectivity index (χ1) is 41.3. The van der Waals surface area contributed by atoms with Crippen molar-refractivity contribution < 1.29 is 76.8 Å². The van der Waals surface area contributed by atoms with Gasteiger partial charge in [0, 0.05) is 112 Å². The molecule has 0 aliphatic carbocycles. The van der Waals surface area contributed by atoms with Gasteiger partial charge in [-0.3, -0.25) is 26.9 Å². The van der Waals surface area contributed by atoms with Gasteiger partial charge in [0.2, 0.25) is 0 Å². The van der Waals surface area contributed by atoms with Gasteiger partial charge < -0.3 is 35.1 Å². The second kappa shape index (κ2) is 39.6. The first kappa shape index (κ1) is 70.5. The van der Waals surface area contributed by atoms with Crippen LogP contribution in [0.4, 0.5) is 26.3 Å². The van der Waals surface area contributed by atoms with E-state index in [-0.39, 0.29) is 87.3 Å². The molecule has 6 aromatic heterocycles. The number of hydrogen-bond acceptors (Lipinski definition) is 8. The van der Waals surface area contributed by atoms with Crippen LogP contribution in [-0.4, -0.2) is 52.3 Å². The van der Waals surface area contributed by atoms with Crippen molar-refractivity contribution in [3.63, 3.8) is 0 Å². The van der Waals surface area contributed by atoms with Gasteiger partial charge in [0.15, 0.2) is 0 Å². The van der Waals surface area contributed by atoms with Crippen molar-refractivity contribution in [1.29, 1.82) is 0 Å². The Morgan fingerprint density at radius 3 is 0.655 bits per heavy atom. The van der Waals surface area contributed by atoms with Gasteiger partial charge in [-0.05, 0) is 115 Å². The van der Waals surface area contributed by atoms with E-state index in [0.29, 0.717) is 6.42 Å². The smallest absolute Gasteiger partial charge is 0.123 e. The molecule has 2 atom stereocenters. The summed E-state index contributed by atoms with van der Waals surface area (Å²) in [7, 11) is 0. The third-order valence-corrected chi connectivity index (χ3v) is 11.1. The van der Waals surface area contributed by atoms with E-state index < -0.39 is 0 Å². The molecule has 16 heteroatoms. The van der Waals surface area contributed by atoms with Crippen molar-refractivity contribution >= 4 is 0 Å². The predicted octanol–water partition coefficient (Wildman–Crippen LogP) is 16.5. The Morgan fingerprint density at radius 1 is 0.287 bits per heavy atom. The fourth-order valence-electron chi connectivity index (χ4n) is 7.08. The maximum absolute atomic E-state index is 12.6. The summed E-state index contributed by atoms with van der Waals surface area (Å²) in [5.74, 6) is -1.61. The summed E-state index contributed by atoms with van der Waals surface area (Å²) in [6.45, 7) is 3.32. The molecule has 446 valence electrons. The minimum absolute atomic E-state index is 0. The van der Waals surface area contributed by atoms with Gasteiger partial charge in [-0.2, -0.15) is 0 Å². The summed E-state index contributed by atoms with van der Waals surface area (Å²) in [6, 6.07) is 75.9. The van der Waals surface area contributed by atoms with Crippen LogP contribution in [0.5, 0.6) is 0 Å². The molecule has 0 spiro atoms. The van der Waals surface area contributed by atoms with Crippen LogP contribution in [-0.2, 0) is 40.2 Å². The van der Waals surface area contributed by atoms with Gasteiger partial charge in [-0.1, -0.05) is 66.7 Å². The van der Waals surface area contributed by atoms with E-state index >= 15 is 0 Å². The SMILES string of the molecule is CC(O)CC(C)O.Fc1c[c-]c(-c2ccccn2)cc1.Fc1c[c-]c(-c2ccccn2)cc1.Fc1c[c-]c(-c2ccccn2)cc1.Fc1c[c-]c(-c2ccccn2)cc1.Fc1c[c-]c(-c2ccccn2)cc1.Fc1ccc(-c2ccccn2)cc1.[Ir].[Ir]. The molecule has 0 fully saturated rings. The molecule has 6 heterocycles. The molecular formula is C71H55F6Ir2N6O2-5. The number of aliphatic hydroxyl groups excluding tert-OH is 2. The molecule has 0 saturated carbocycles. The van der Waals surface area contributed by atoms with Gasteiger partial charge in [-0.25, -0.2) is 4.39 Å². The zero-order valence-electron chi connectivity index (χ0n) is 46.7. The van der Waals surface area contributed by atoms with Gasteiger partial charge in [-0.15, -0.1) is 149 Å². The molecule has 87 heavy (non-hydrogen) atoms. The maximum atomic E-state index is 12.6.